The predicted octanol–water partition coefficient (Wildman–Crippen LogP) is -2.54. The molecule has 2 rings (SSSR count). The summed E-state index contributed by atoms with van der Waals surface area (Å²) in [4.78, 5) is -0.864. The van der Waals surface area contributed by atoms with E-state index >= 15 is 0 Å². The van der Waals surface area contributed by atoms with E-state index in [9.17, 15) is 29.8 Å². The number of hydrogen-bond acceptors (Lipinski definition) is 8. The molecule has 0 amide bonds. The van der Waals surface area contributed by atoms with Gasteiger partial charge in [0, 0.05) is 10.8 Å². The Bertz CT molecular complexity index is 1120. The fourth-order valence-corrected chi connectivity index (χ4v) is 3.76. The molecule has 132 valence electrons. The van der Waals surface area contributed by atoms with E-state index < -0.39 is 40.9 Å². The largest absolute Gasteiger partial charge is 1.00 e. The van der Waals surface area contributed by atoms with Crippen molar-refractivity contribution < 1.29 is 63.5 Å². The molecule has 0 heterocycles. The number of nitrogens with one attached hydrogen (secondary N) is 1. The Kier molecular flexibility index (Phi) is 6.54. The summed E-state index contributed by atoms with van der Waals surface area (Å²) in [7, 11) is -12.8. The molecule has 0 bridgehead atoms. The molecule has 0 aliphatic heterocycles. The molecule has 0 saturated carbocycles. The monoisotopic (exact) mass is 417 g/mol. The molecule has 0 aromatic heterocycles. The molecule has 9 nitrogen and oxygen atoms in total. The number of sulfonamides is 1. The van der Waals surface area contributed by atoms with Gasteiger partial charge in [0.2, 0.25) is 10.0 Å². The van der Waals surface area contributed by atoms with E-state index in [0.717, 1.165) is 12.3 Å². The summed E-state index contributed by atoms with van der Waals surface area (Å²) in [5.41, 5.74) is 0.0724. The second-order valence-corrected chi connectivity index (χ2v) is 9.58. The van der Waals surface area contributed by atoms with E-state index in [2.05, 4.69) is 8.91 Å². The van der Waals surface area contributed by atoms with Crippen molar-refractivity contribution in [2.45, 2.75) is 4.90 Å². The van der Waals surface area contributed by atoms with Gasteiger partial charge in [-0.15, -0.1) is 0 Å². The first-order chi connectivity index (χ1) is 10.8. The van der Waals surface area contributed by atoms with Crippen LogP contribution in [-0.4, -0.2) is 42.3 Å². The molecular formula is C12H12NNaO8S3. The molecule has 13 heteroatoms. The Morgan fingerprint density at radius 1 is 0.920 bits per heavy atom. The van der Waals surface area contributed by atoms with Crippen LogP contribution in [0.25, 0.3) is 10.8 Å². The maximum atomic E-state index is 11.4. The Hall–Kier alpha value is -0.890. The number of anilines is 1. The van der Waals surface area contributed by atoms with Crippen LogP contribution in [0.2, 0.25) is 0 Å². The molecule has 2 aromatic carbocycles. The van der Waals surface area contributed by atoms with Crippen molar-refractivity contribution in [3.8, 4) is 5.75 Å². The van der Waals surface area contributed by atoms with Crippen molar-refractivity contribution in [2.24, 2.45) is 0 Å². The van der Waals surface area contributed by atoms with Gasteiger partial charge in [0.15, 0.2) is 5.75 Å². The van der Waals surface area contributed by atoms with Gasteiger partial charge in [-0.2, -0.15) is 8.42 Å². The van der Waals surface area contributed by atoms with Crippen LogP contribution in [0.3, 0.4) is 0 Å². The van der Waals surface area contributed by atoms with Gasteiger partial charge in [0.05, 0.1) is 23.1 Å². The SMILES string of the molecule is CS(=O)(=O)Nc1cccc2c(OS(C)(=O)=O)c(S(=O)(=O)[O-])ccc12.[Na+]. The van der Waals surface area contributed by atoms with Crippen LogP contribution < -0.4 is 38.5 Å². The molecule has 25 heavy (non-hydrogen) atoms. The molecule has 0 spiro atoms. The summed E-state index contributed by atoms with van der Waals surface area (Å²) in [6.45, 7) is 0. The third kappa shape index (κ3) is 5.81. The molecule has 0 aliphatic carbocycles. The van der Waals surface area contributed by atoms with Crippen molar-refractivity contribution in [1.82, 2.24) is 0 Å². The van der Waals surface area contributed by atoms with Crippen LogP contribution in [-0.2, 0) is 30.3 Å². The van der Waals surface area contributed by atoms with Crippen molar-refractivity contribution in [3.05, 3.63) is 30.3 Å². The van der Waals surface area contributed by atoms with E-state index in [0.29, 0.717) is 6.26 Å². The van der Waals surface area contributed by atoms with E-state index in [1.54, 1.807) is 0 Å². The van der Waals surface area contributed by atoms with Gasteiger partial charge in [-0.25, -0.2) is 16.8 Å². The van der Waals surface area contributed by atoms with Gasteiger partial charge in [-0.3, -0.25) is 4.72 Å². The Labute approximate surface area is 167 Å². The van der Waals surface area contributed by atoms with Crippen LogP contribution in [0.1, 0.15) is 0 Å². The van der Waals surface area contributed by atoms with Gasteiger partial charge < -0.3 is 8.74 Å². The molecule has 1 N–H and O–H groups in total. The van der Waals surface area contributed by atoms with E-state index in [4.69, 9.17) is 0 Å². The topological polar surface area (TPSA) is 147 Å². The quantitative estimate of drug-likeness (QED) is 0.318. The smallest absolute Gasteiger partial charge is 0.744 e. The number of rotatable bonds is 5. The summed E-state index contributed by atoms with van der Waals surface area (Å²) < 4.78 is 86.6. The normalized spacial score (nSPS) is 12.4. The molecule has 0 aliphatic rings. The maximum Gasteiger partial charge on any atom is 1.00 e. The average Bonchev–Trinajstić information content (AvgIpc) is 2.34. The Morgan fingerprint density at radius 3 is 2.00 bits per heavy atom. The number of fused-ring (bicyclic) bond motifs is 1. The first kappa shape index (κ1) is 22.2. The predicted molar refractivity (Wildman–Crippen MR) is 85.8 cm³/mol. The van der Waals surface area contributed by atoms with Crippen LogP contribution in [0.15, 0.2) is 35.2 Å². The maximum absolute atomic E-state index is 11.4. The van der Waals surface area contributed by atoms with Gasteiger partial charge in [-0.1, -0.05) is 18.2 Å². The van der Waals surface area contributed by atoms with Gasteiger partial charge in [-0.05, 0) is 12.1 Å². The minimum atomic E-state index is -5.02. The molecule has 0 saturated heterocycles. The molecule has 0 atom stereocenters. The molecular weight excluding hydrogens is 405 g/mol. The standard InChI is InChI=1S/C12H13NO8S3.Na/c1-22(14,15)13-10-5-3-4-9-8(10)6-7-11(24(18,19)20)12(9)21-23(2,16)17;/h3-7,13H,1-2H3,(H,18,19,20);/q;+1/p-1. The van der Waals surface area contributed by atoms with Gasteiger partial charge in [0.25, 0.3) is 0 Å². The van der Waals surface area contributed by atoms with Crippen LogP contribution in [0, 0.1) is 0 Å². The minimum Gasteiger partial charge on any atom is -0.744 e. The molecule has 0 unspecified atom stereocenters. The number of hydrogen-bond donors (Lipinski definition) is 1. The fraction of sp³-hybridized carbons (Fsp3) is 0.167. The zero-order valence-electron chi connectivity index (χ0n) is 13.4. The van der Waals surface area contributed by atoms with Crippen LogP contribution in [0.5, 0.6) is 5.75 Å². The van der Waals surface area contributed by atoms with Crippen molar-refractivity contribution in [1.29, 1.82) is 0 Å². The van der Waals surface area contributed by atoms with Crippen LogP contribution >= 0.6 is 0 Å². The third-order valence-corrected chi connectivity index (χ3v) is 4.70. The Balaban J connectivity index is 0.00000312. The zero-order chi connectivity index (χ0) is 18.3. The summed E-state index contributed by atoms with van der Waals surface area (Å²) in [6, 6.07) is 6.09. The van der Waals surface area contributed by atoms with E-state index in [-0.39, 0.29) is 46.0 Å². The number of benzene rings is 2. The summed E-state index contributed by atoms with van der Waals surface area (Å²) in [6.07, 6.45) is 1.60. The molecule has 2 aromatic rings. The second kappa shape index (κ2) is 7.39. The summed E-state index contributed by atoms with van der Waals surface area (Å²) in [5, 5.41) is 0.111. The van der Waals surface area contributed by atoms with E-state index in [1.165, 1.54) is 24.3 Å². The summed E-state index contributed by atoms with van der Waals surface area (Å²) in [5.74, 6) is -0.679. The third-order valence-electron chi connectivity index (χ3n) is 2.78. The molecule has 0 radical (unpaired) electrons. The average molecular weight is 417 g/mol. The van der Waals surface area contributed by atoms with Gasteiger partial charge >= 0.3 is 39.7 Å². The van der Waals surface area contributed by atoms with Crippen LogP contribution in [0.4, 0.5) is 5.69 Å². The van der Waals surface area contributed by atoms with Crippen molar-refractivity contribution in [2.75, 3.05) is 17.2 Å². The first-order valence-electron chi connectivity index (χ1n) is 6.17. The minimum absolute atomic E-state index is 0. The summed E-state index contributed by atoms with van der Waals surface area (Å²) >= 11 is 0. The van der Waals surface area contributed by atoms with Crippen molar-refractivity contribution >= 4 is 46.7 Å². The molecule has 0 fully saturated rings. The second-order valence-electron chi connectivity index (χ2n) is 4.91. The Morgan fingerprint density at radius 2 is 1.52 bits per heavy atom. The van der Waals surface area contributed by atoms with Crippen molar-refractivity contribution in [3.63, 3.8) is 0 Å². The first-order valence-corrected chi connectivity index (χ1v) is 11.3. The van der Waals surface area contributed by atoms with E-state index in [1.807, 2.05) is 0 Å². The fourth-order valence-electron chi connectivity index (χ4n) is 2.03. The van der Waals surface area contributed by atoms with Gasteiger partial charge in [0.1, 0.15) is 10.1 Å². The zero-order valence-corrected chi connectivity index (χ0v) is 17.8.